The molecule has 0 spiro atoms. The van der Waals surface area contributed by atoms with Gasteiger partial charge in [-0.15, -0.1) is 0 Å². The molecule has 1 amide bonds. The number of benzene rings is 2. The van der Waals surface area contributed by atoms with E-state index in [-0.39, 0.29) is 5.91 Å². The molecule has 0 aliphatic rings. The summed E-state index contributed by atoms with van der Waals surface area (Å²) in [7, 11) is 1.62. The molecule has 3 aromatic rings. The SMILES string of the molecule is COc1ccccc1CNC(=O)c1ccc(Nc2ccc(C(C)C)cc2)nc1. The van der Waals surface area contributed by atoms with E-state index in [1.54, 1.807) is 25.4 Å². The summed E-state index contributed by atoms with van der Waals surface area (Å²) in [5.74, 6) is 1.77. The minimum atomic E-state index is -0.175. The molecule has 0 radical (unpaired) electrons. The van der Waals surface area contributed by atoms with Crippen LogP contribution in [-0.2, 0) is 6.54 Å². The first-order chi connectivity index (χ1) is 13.6. The van der Waals surface area contributed by atoms with Crippen molar-refractivity contribution in [3.05, 3.63) is 83.6 Å². The third-order valence-corrected chi connectivity index (χ3v) is 4.51. The Morgan fingerprint density at radius 1 is 1.04 bits per heavy atom. The third-order valence-electron chi connectivity index (χ3n) is 4.51. The zero-order chi connectivity index (χ0) is 19.9. The Balaban J connectivity index is 1.59. The maximum Gasteiger partial charge on any atom is 0.253 e. The minimum Gasteiger partial charge on any atom is -0.496 e. The molecule has 2 N–H and O–H groups in total. The molecule has 1 aromatic heterocycles. The van der Waals surface area contributed by atoms with Gasteiger partial charge in [0.25, 0.3) is 5.91 Å². The number of carbonyl (C=O) groups is 1. The van der Waals surface area contributed by atoms with Gasteiger partial charge in [0, 0.05) is 24.0 Å². The maximum absolute atomic E-state index is 12.4. The van der Waals surface area contributed by atoms with Crippen LogP contribution in [0, 0.1) is 0 Å². The van der Waals surface area contributed by atoms with Gasteiger partial charge in [-0.2, -0.15) is 0 Å². The van der Waals surface area contributed by atoms with Crippen LogP contribution in [0.5, 0.6) is 5.75 Å². The number of nitrogens with one attached hydrogen (secondary N) is 2. The van der Waals surface area contributed by atoms with Crippen LogP contribution in [0.15, 0.2) is 66.9 Å². The Labute approximate surface area is 165 Å². The predicted octanol–water partition coefficient (Wildman–Crippen LogP) is 4.89. The van der Waals surface area contributed by atoms with Gasteiger partial charge in [-0.05, 0) is 41.8 Å². The normalized spacial score (nSPS) is 10.6. The van der Waals surface area contributed by atoms with Crippen molar-refractivity contribution in [2.75, 3.05) is 12.4 Å². The molecule has 144 valence electrons. The summed E-state index contributed by atoms with van der Waals surface area (Å²) in [5.41, 5.74) is 3.69. The van der Waals surface area contributed by atoms with Crippen LogP contribution >= 0.6 is 0 Å². The summed E-state index contributed by atoms with van der Waals surface area (Å²) >= 11 is 0. The number of ether oxygens (including phenoxy) is 1. The topological polar surface area (TPSA) is 63.2 Å². The van der Waals surface area contributed by atoms with E-state index in [4.69, 9.17) is 4.74 Å². The molecule has 0 saturated heterocycles. The van der Waals surface area contributed by atoms with Crippen molar-refractivity contribution >= 4 is 17.4 Å². The van der Waals surface area contributed by atoms with Gasteiger partial charge >= 0.3 is 0 Å². The average Bonchev–Trinajstić information content (AvgIpc) is 2.73. The molecule has 0 bridgehead atoms. The monoisotopic (exact) mass is 375 g/mol. The Morgan fingerprint density at radius 2 is 1.79 bits per heavy atom. The summed E-state index contributed by atoms with van der Waals surface area (Å²) in [6, 6.07) is 19.4. The average molecular weight is 375 g/mol. The molecule has 1 heterocycles. The van der Waals surface area contributed by atoms with E-state index in [2.05, 4.69) is 41.6 Å². The molecule has 0 atom stereocenters. The zero-order valence-electron chi connectivity index (χ0n) is 16.4. The first kappa shape index (κ1) is 19.4. The van der Waals surface area contributed by atoms with Crippen LogP contribution in [-0.4, -0.2) is 18.0 Å². The molecule has 5 heteroatoms. The van der Waals surface area contributed by atoms with Crippen LogP contribution in [0.4, 0.5) is 11.5 Å². The van der Waals surface area contributed by atoms with E-state index in [0.29, 0.717) is 23.8 Å². The van der Waals surface area contributed by atoms with Gasteiger partial charge in [0.05, 0.1) is 12.7 Å². The van der Waals surface area contributed by atoms with E-state index >= 15 is 0 Å². The predicted molar refractivity (Wildman–Crippen MR) is 112 cm³/mol. The molecule has 0 fully saturated rings. The quantitative estimate of drug-likeness (QED) is 0.617. The molecule has 0 aliphatic carbocycles. The van der Waals surface area contributed by atoms with Gasteiger partial charge in [-0.3, -0.25) is 4.79 Å². The smallest absolute Gasteiger partial charge is 0.253 e. The molecule has 0 aliphatic heterocycles. The molecule has 0 unspecified atom stereocenters. The second-order valence-corrected chi connectivity index (χ2v) is 6.83. The van der Waals surface area contributed by atoms with E-state index < -0.39 is 0 Å². The first-order valence-corrected chi connectivity index (χ1v) is 9.30. The molecular formula is C23H25N3O2. The number of hydrogen-bond acceptors (Lipinski definition) is 4. The van der Waals surface area contributed by atoms with Gasteiger partial charge in [-0.25, -0.2) is 4.98 Å². The fraction of sp³-hybridized carbons (Fsp3) is 0.217. The summed E-state index contributed by atoms with van der Waals surface area (Å²) < 4.78 is 5.30. The van der Waals surface area contributed by atoms with E-state index in [1.165, 1.54) is 5.56 Å². The number of carbonyl (C=O) groups excluding carboxylic acids is 1. The second-order valence-electron chi connectivity index (χ2n) is 6.83. The summed E-state index contributed by atoms with van der Waals surface area (Å²) in [6.07, 6.45) is 1.57. The highest BCUT2D eigenvalue weighted by Crippen LogP contribution is 2.20. The first-order valence-electron chi connectivity index (χ1n) is 9.30. The van der Waals surface area contributed by atoms with Crippen LogP contribution in [0.25, 0.3) is 0 Å². The fourth-order valence-electron chi connectivity index (χ4n) is 2.83. The third kappa shape index (κ3) is 4.88. The van der Waals surface area contributed by atoms with Gasteiger partial charge in [0.1, 0.15) is 11.6 Å². The summed E-state index contributed by atoms with van der Waals surface area (Å²) in [5, 5.41) is 6.15. The fourth-order valence-corrected chi connectivity index (χ4v) is 2.83. The van der Waals surface area contributed by atoms with Gasteiger partial charge in [0.15, 0.2) is 0 Å². The molecular weight excluding hydrogens is 350 g/mol. The number of pyridine rings is 1. The zero-order valence-corrected chi connectivity index (χ0v) is 16.4. The van der Waals surface area contributed by atoms with Crippen LogP contribution in [0.2, 0.25) is 0 Å². The lowest BCUT2D eigenvalue weighted by molar-refractivity contribution is 0.0950. The molecule has 3 rings (SSSR count). The van der Waals surface area contributed by atoms with Crippen molar-refractivity contribution in [2.24, 2.45) is 0 Å². The number of methoxy groups -OCH3 is 1. The van der Waals surface area contributed by atoms with Crippen molar-refractivity contribution in [2.45, 2.75) is 26.3 Å². The number of nitrogens with zero attached hydrogens (tertiary/aromatic N) is 1. The number of para-hydroxylation sites is 1. The Hall–Kier alpha value is -3.34. The Kier molecular flexibility index (Phi) is 6.27. The largest absolute Gasteiger partial charge is 0.496 e. The number of hydrogen-bond donors (Lipinski definition) is 2. The highest BCUT2D eigenvalue weighted by Gasteiger charge is 2.08. The van der Waals surface area contributed by atoms with Crippen molar-refractivity contribution in [3.63, 3.8) is 0 Å². The molecule has 28 heavy (non-hydrogen) atoms. The van der Waals surface area contributed by atoms with Crippen molar-refractivity contribution in [1.82, 2.24) is 10.3 Å². The second kappa shape index (κ2) is 9.04. The molecule has 0 saturated carbocycles. The molecule has 2 aromatic carbocycles. The highest BCUT2D eigenvalue weighted by atomic mass is 16.5. The van der Waals surface area contributed by atoms with Gasteiger partial charge in [0.2, 0.25) is 0 Å². The number of anilines is 2. The number of amides is 1. The highest BCUT2D eigenvalue weighted by molar-refractivity contribution is 5.94. The van der Waals surface area contributed by atoms with E-state index in [0.717, 1.165) is 17.0 Å². The van der Waals surface area contributed by atoms with Crippen LogP contribution in [0.3, 0.4) is 0 Å². The Morgan fingerprint density at radius 3 is 2.43 bits per heavy atom. The van der Waals surface area contributed by atoms with Crippen LogP contribution in [0.1, 0.15) is 41.3 Å². The number of aromatic nitrogens is 1. The van der Waals surface area contributed by atoms with Gasteiger partial charge in [-0.1, -0.05) is 44.2 Å². The molecule has 5 nitrogen and oxygen atoms in total. The van der Waals surface area contributed by atoms with Gasteiger partial charge < -0.3 is 15.4 Å². The number of rotatable bonds is 7. The lowest BCUT2D eigenvalue weighted by Crippen LogP contribution is -2.23. The van der Waals surface area contributed by atoms with Crippen molar-refractivity contribution in [1.29, 1.82) is 0 Å². The lowest BCUT2D eigenvalue weighted by Gasteiger charge is -2.10. The van der Waals surface area contributed by atoms with E-state index in [1.807, 2.05) is 36.4 Å². The lowest BCUT2D eigenvalue weighted by atomic mass is 10.0. The van der Waals surface area contributed by atoms with E-state index in [9.17, 15) is 4.79 Å². The maximum atomic E-state index is 12.4. The van der Waals surface area contributed by atoms with Crippen LogP contribution < -0.4 is 15.4 Å². The standard InChI is InChI=1S/C23H25N3O2/c1-16(2)17-8-11-20(12-9-17)26-22-13-10-19(15-24-22)23(27)25-14-18-6-4-5-7-21(18)28-3/h4-13,15-16H,14H2,1-3H3,(H,24,26)(H,25,27). The minimum absolute atomic E-state index is 0.175. The van der Waals surface area contributed by atoms with Crippen molar-refractivity contribution < 1.29 is 9.53 Å². The summed E-state index contributed by atoms with van der Waals surface area (Å²) in [4.78, 5) is 16.7. The summed E-state index contributed by atoms with van der Waals surface area (Å²) in [6.45, 7) is 4.73. The Bertz CT molecular complexity index is 919. The van der Waals surface area contributed by atoms with Crippen molar-refractivity contribution in [3.8, 4) is 5.75 Å².